The Bertz CT molecular complexity index is 874. The summed E-state index contributed by atoms with van der Waals surface area (Å²) in [5.41, 5.74) is 0. The third-order valence-electron chi connectivity index (χ3n) is 3.75. The van der Waals surface area contributed by atoms with E-state index in [0.29, 0.717) is 29.9 Å². The van der Waals surface area contributed by atoms with Gasteiger partial charge in [0.2, 0.25) is 0 Å². The number of hydrogen-bond acceptors (Lipinski definition) is 6. The lowest BCUT2D eigenvalue weighted by atomic mass is 10.1. The fourth-order valence-electron chi connectivity index (χ4n) is 2.54. The van der Waals surface area contributed by atoms with E-state index in [4.69, 9.17) is 4.74 Å². The van der Waals surface area contributed by atoms with Crippen LogP contribution in [-0.2, 0) is 17.9 Å². The van der Waals surface area contributed by atoms with Crippen LogP contribution in [0.15, 0.2) is 47.6 Å². The van der Waals surface area contributed by atoms with Crippen molar-refractivity contribution in [3.05, 3.63) is 48.3 Å². The lowest BCUT2D eigenvalue weighted by Gasteiger charge is -2.10. The first kappa shape index (κ1) is 17.3. The highest BCUT2D eigenvalue weighted by atomic mass is 32.2. The van der Waals surface area contributed by atoms with Crippen LogP contribution in [0.1, 0.15) is 19.2 Å². The molecule has 0 saturated carbocycles. The second kappa shape index (κ2) is 8.02. The number of rotatable bonds is 8. The smallest absolute Gasteiger partial charge is 0.191 e. The Morgan fingerprint density at radius 1 is 1.20 bits per heavy atom. The molecule has 0 unspecified atom stereocenters. The largest absolute Gasteiger partial charge is 0.550 e. The molecule has 0 atom stereocenters. The molecule has 3 rings (SSSR count). The molecule has 0 aliphatic carbocycles. The molecule has 6 nitrogen and oxygen atoms in total. The average molecular weight is 356 g/mol. The van der Waals surface area contributed by atoms with Crippen LogP contribution in [0.2, 0.25) is 0 Å². The maximum Gasteiger partial charge on any atom is 0.191 e. The molecule has 0 amide bonds. The van der Waals surface area contributed by atoms with Gasteiger partial charge in [0.1, 0.15) is 12.4 Å². The number of carboxylic acid groups (broad SMARTS) is 1. The molecular weight excluding hydrogens is 338 g/mol. The molecule has 1 heterocycles. The van der Waals surface area contributed by atoms with E-state index in [2.05, 4.69) is 10.2 Å². The van der Waals surface area contributed by atoms with Crippen molar-refractivity contribution in [3.63, 3.8) is 0 Å². The van der Waals surface area contributed by atoms with Crippen LogP contribution in [0.25, 0.3) is 10.8 Å². The Hall–Kier alpha value is -2.54. The summed E-state index contributed by atoms with van der Waals surface area (Å²) in [6.07, 6.45) is -0.0108. The first-order valence-corrected chi connectivity index (χ1v) is 9.03. The average Bonchev–Trinajstić information content (AvgIpc) is 3.01. The van der Waals surface area contributed by atoms with Crippen LogP contribution in [-0.4, -0.2) is 26.5 Å². The predicted molar refractivity (Wildman–Crippen MR) is 94.3 cm³/mol. The second-order valence-electron chi connectivity index (χ2n) is 5.38. The number of thioether (sulfide) groups is 1. The Balaban J connectivity index is 1.72. The van der Waals surface area contributed by atoms with Crippen LogP contribution in [0.4, 0.5) is 0 Å². The van der Waals surface area contributed by atoms with Crippen LogP contribution in [0.3, 0.4) is 0 Å². The van der Waals surface area contributed by atoms with Crippen molar-refractivity contribution in [2.24, 2.45) is 0 Å². The van der Waals surface area contributed by atoms with Gasteiger partial charge in [-0.15, -0.1) is 10.2 Å². The summed E-state index contributed by atoms with van der Waals surface area (Å²) < 4.78 is 7.90. The molecule has 1 aromatic heterocycles. The van der Waals surface area contributed by atoms with Crippen molar-refractivity contribution >= 4 is 28.5 Å². The molecule has 3 aromatic rings. The third kappa shape index (κ3) is 4.11. The zero-order valence-corrected chi connectivity index (χ0v) is 14.7. The highest BCUT2D eigenvalue weighted by molar-refractivity contribution is 7.99. The van der Waals surface area contributed by atoms with Gasteiger partial charge in [-0.25, -0.2) is 0 Å². The number of hydrogen-bond donors (Lipinski definition) is 0. The van der Waals surface area contributed by atoms with E-state index in [1.54, 1.807) is 0 Å². The van der Waals surface area contributed by atoms with Gasteiger partial charge in [0, 0.05) is 23.7 Å². The van der Waals surface area contributed by atoms with Gasteiger partial charge < -0.3 is 19.2 Å². The summed E-state index contributed by atoms with van der Waals surface area (Å²) in [5.74, 6) is 0.862. The van der Waals surface area contributed by atoms with Crippen LogP contribution >= 0.6 is 11.8 Å². The standard InChI is InChI=1S/C18H19N3O3S/c1-2-21-16(19-20-18(21)25-11-10-17(22)23)12-24-15-9-5-7-13-6-3-4-8-14(13)15/h3-9H,2,10-12H2,1H3,(H,22,23)/p-1. The zero-order valence-electron chi connectivity index (χ0n) is 13.8. The first-order chi connectivity index (χ1) is 12.2. The van der Waals surface area contributed by atoms with Gasteiger partial charge >= 0.3 is 0 Å². The van der Waals surface area contributed by atoms with Crippen molar-refractivity contribution in [2.75, 3.05) is 5.75 Å². The number of carbonyl (C=O) groups excluding carboxylic acids is 1. The van der Waals surface area contributed by atoms with Gasteiger partial charge in [-0.2, -0.15) is 0 Å². The Morgan fingerprint density at radius 3 is 2.80 bits per heavy atom. The van der Waals surface area contributed by atoms with Gasteiger partial charge in [-0.1, -0.05) is 48.2 Å². The first-order valence-electron chi connectivity index (χ1n) is 8.04. The van der Waals surface area contributed by atoms with Crippen molar-refractivity contribution in [1.82, 2.24) is 14.8 Å². The summed E-state index contributed by atoms with van der Waals surface area (Å²) >= 11 is 1.36. The maximum atomic E-state index is 10.5. The number of fused-ring (bicyclic) bond motifs is 1. The fourth-order valence-corrected chi connectivity index (χ4v) is 3.48. The summed E-state index contributed by atoms with van der Waals surface area (Å²) in [7, 11) is 0. The van der Waals surface area contributed by atoms with Crippen molar-refractivity contribution < 1.29 is 14.6 Å². The van der Waals surface area contributed by atoms with Crippen molar-refractivity contribution in [1.29, 1.82) is 0 Å². The molecule has 25 heavy (non-hydrogen) atoms. The van der Waals surface area contributed by atoms with Crippen molar-refractivity contribution in [2.45, 2.75) is 31.7 Å². The van der Waals surface area contributed by atoms with Gasteiger partial charge in [0.25, 0.3) is 0 Å². The quantitative estimate of drug-likeness (QED) is 0.576. The van der Waals surface area contributed by atoms with Crippen LogP contribution < -0.4 is 9.84 Å². The summed E-state index contributed by atoms with van der Waals surface area (Å²) in [5, 5.41) is 21.7. The lowest BCUT2D eigenvalue weighted by Crippen LogP contribution is -2.22. The summed E-state index contributed by atoms with van der Waals surface area (Å²) in [6, 6.07) is 14.0. The fraction of sp³-hybridized carbons (Fsp3) is 0.278. The van der Waals surface area contributed by atoms with Crippen molar-refractivity contribution in [3.8, 4) is 5.75 Å². The molecule has 0 radical (unpaired) electrons. The molecule has 0 aliphatic rings. The van der Waals surface area contributed by atoms with Gasteiger partial charge in [0.05, 0.1) is 0 Å². The maximum absolute atomic E-state index is 10.5. The lowest BCUT2D eigenvalue weighted by molar-refractivity contribution is -0.305. The highest BCUT2D eigenvalue weighted by Crippen LogP contribution is 2.26. The molecule has 2 aromatic carbocycles. The Labute approximate surface area is 149 Å². The van der Waals surface area contributed by atoms with Gasteiger partial charge in [-0.3, -0.25) is 0 Å². The minimum Gasteiger partial charge on any atom is -0.550 e. The van der Waals surface area contributed by atoms with Crippen LogP contribution in [0, 0.1) is 0 Å². The zero-order chi connectivity index (χ0) is 17.6. The molecule has 0 spiro atoms. The highest BCUT2D eigenvalue weighted by Gasteiger charge is 2.12. The summed E-state index contributed by atoms with van der Waals surface area (Å²) in [4.78, 5) is 10.5. The number of carboxylic acids is 1. The van der Waals surface area contributed by atoms with Gasteiger partial charge in [0.15, 0.2) is 11.0 Å². The normalized spacial score (nSPS) is 10.9. The van der Waals surface area contributed by atoms with E-state index in [1.807, 2.05) is 54.0 Å². The number of ether oxygens (including phenoxy) is 1. The van der Waals surface area contributed by atoms with E-state index < -0.39 is 5.97 Å². The van der Waals surface area contributed by atoms with E-state index in [0.717, 1.165) is 16.5 Å². The van der Waals surface area contributed by atoms with E-state index >= 15 is 0 Å². The summed E-state index contributed by atoms with van der Waals surface area (Å²) in [6.45, 7) is 2.98. The molecule has 0 N–H and O–H groups in total. The topological polar surface area (TPSA) is 80.1 Å². The monoisotopic (exact) mass is 356 g/mol. The molecule has 0 aliphatic heterocycles. The molecule has 130 valence electrons. The van der Waals surface area contributed by atoms with E-state index in [1.165, 1.54) is 11.8 Å². The van der Waals surface area contributed by atoms with Crippen LogP contribution in [0.5, 0.6) is 5.75 Å². The number of carbonyl (C=O) groups is 1. The number of aromatic nitrogens is 3. The Morgan fingerprint density at radius 2 is 2.00 bits per heavy atom. The second-order valence-corrected chi connectivity index (χ2v) is 6.44. The number of aliphatic carboxylic acids is 1. The Kier molecular flexibility index (Phi) is 5.55. The SMILES string of the molecule is CCn1c(COc2cccc3ccccc23)nnc1SCCC(=O)[O-]. The minimum atomic E-state index is -1.06. The number of nitrogens with zero attached hydrogens (tertiary/aromatic N) is 3. The van der Waals surface area contributed by atoms with E-state index in [-0.39, 0.29) is 6.42 Å². The molecule has 7 heteroatoms. The van der Waals surface area contributed by atoms with E-state index in [9.17, 15) is 9.90 Å². The molecule has 0 saturated heterocycles. The number of benzene rings is 2. The molecule has 0 bridgehead atoms. The predicted octanol–water partition coefficient (Wildman–Crippen LogP) is 2.26. The van der Waals surface area contributed by atoms with Gasteiger partial charge in [-0.05, 0) is 24.8 Å². The molecule has 0 fully saturated rings. The molecular formula is C18H18N3O3S-. The minimum absolute atomic E-state index is 0.0108. The third-order valence-corrected chi connectivity index (χ3v) is 4.72.